The molecule has 3 aromatic heterocycles. The van der Waals surface area contributed by atoms with Gasteiger partial charge in [0.1, 0.15) is 60.1 Å². The fraction of sp³-hybridized carbons (Fsp3) is 0.439. The maximum Gasteiger partial charge on any atom is 0.245 e. The van der Waals surface area contributed by atoms with E-state index in [0.29, 0.717) is 59.3 Å². The van der Waals surface area contributed by atoms with Crippen molar-refractivity contribution in [3.05, 3.63) is 138 Å². The third kappa shape index (κ3) is 20.4. The monoisotopic (exact) mass is 1320 g/mol. The molecule has 2 aliphatic heterocycles. The number of benzene rings is 3. The highest BCUT2D eigenvalue weighted by Gasteiger charge is 2.40. The molecule has 30 nitrogen and oxygen atoms in total. The summed E-state index contributed by atoms with van der Waals surface area (Å²) in [5, 5.41) is 46.3. The van der Waals surface area contributed by atoms with Crippen molar-refractivity contribution in [3.63, 3.8) is 0 Å². The van der Waals surface area contributed by atoms with E-state index in [1.807, 2.05) is 50.2 Å². The third-order valence-electron chi connectivity index (χ3n) is 16.5. The van der Waals surface area contributed by atoms with Crippen LogP contribution in [0.4, 0.5) is 0 Å². The van der Waals surface area contributed by atoms with Gasteiger partial charge in [-0.2, -0.15) is 0 Å². The van der Waals surface area contributed by atoms with Crippen LogP contribution in [0.5, 0.6) is 5.75 Å². The van der Waals surface area contributed by atoms with Crippen molar-refractivity contribution in [3.8, 4) is 5.75 Å². The average molecular weight is 1320 g/mol. The van der Waals surface area contributed by atoms with Gasteiger partial charge in [0.05, 0.1) is 25.0 Å². The highest BCUT2D eigenvalue weighted by atomic mass is 16.3. The molecule has 8 rings (SSSR count). The number of nitrogens with two attached hydrogens (primary N) is 2. The Kier molecular flexibility index (Phi) is 25.6. The number of nitrogens with zero attached hydrogens (tertiary/aromatic N) is 5. The first kappa shape index (κ1) is 71.2. The second-order valence-corrected chi connectivity index (χ2v) is 24.4. The van der Waals surface area contributed by atoms with Crippen molar-refractivity contribution in [2.24, 2.45) is 22.4 Å². The van der Waals surface area contributed by atoms with Crippen LogP contribution in [-0.4, -0.2) is 185 Å². The number of amides is 10. The topological polar surface area (TPSA) is 449 Å². The van der Waals surface area contributed by atoms with E-state index < -0.39 is 108 Å². The minimum atomic E-state index is -1.79. The molecule has 96 heavy (non-hydrogen) atoms. The van der Waals surface area contributed by atoms with Crippen LogP contribution in [0.1, 0.15) is 93.8 Å². The Balaban J connectivity index is 1.06. The number of para-hydroxylation sites is 1. The van der Waals surface area contributed by atoms with Crippen LogP contribution >= 0.6 is 0 Å². The fourth-order valence-corrected chi connectivity index (χ4v) is 11.6. The molecule has 0 unspecified atom stereocenters. The van der Waals surface area contributed by atoms with Gasteiger partial charge in [0, 0.05) is 93.5 Å². The number of likely N-dealkylation sites (N-methyl/N-ethyl adjacent to an activating group) is 1. The molecule has 0 aliphatic carbocycles. The summed E-state index contributed by atoms with van der Waals surface area (Å²) in [5.41, 5.74) is 14.6. The summed E-state index contributed by atoms with van der Waals surface area (Å²) in [7, 11) is 0. The van der Waals surface area contributed by atoms with E-state index >= 15 is 9.59 Å². The number of fused-ring (bicyclic) bond motifs is 1. The Bertz CT molecular complexity index is 3680. The normalized spacial score (nSPS) is 16.6. The number of hydrogen-bond donors (Lipinski definition) is 15. The van der Waals surface area contributed by atoms with Gasteiger partial charge in [-0.15, -0.1) is 0 Å². The zero-order chi connectivity index (χ0) is 68.8. The molecular weight excluding hydrogens is 1240 g/mol. The lowest BCUT2D eigenvalue weighted by molar-refractivity contribution is -0.142. The molecule has 0 saturated carbocycles. The Hall–Kier alpha value is -10.7. The molecule has 0 radical (unpaired) electrons. The van der Waals surface area contributed by atoms with E-state index in [1.54, 1.807) is 48.4 Å². The molecule has 6 aromatic rings. The molecule has 9 atom stereocenters. The molecule has 2 saturated heterocycles. The number of carbonyl (C=O) groups excluding carboxylic acids is 10. The summed E-state index contributed by atoms with van der Waals surface area (Å²) in [5.74, 6) is -7.72. The second-order valence-electron chi connectivity index (χ2n) is 24.4. The number of nitrogens with one attached hydrogen (secondary N) is 11. The number of guanidine groups is 1. The van der Waals surface area contributed by atoms with E-state index in [9.17, 15) is 48.6 Å². The molecule has 512 valence electrons. The van der Waals surface area contributed by atoms with Crippen LogP contribution < -0.4 is 59.3 Å². The number of phenolic OH excluding ortho intramolecular Hbond substituents is 1. The van der Waals surface area contributed by atoms with Crippen molar-refractivity contribution in [1.82, 2.24) is 77.3 Å². The first-order chi connectivity index (χ1) is 46.1. The minimum absolute atomic E-state index is 0.0495. The highest BCUT2D eigenvalue weighted by Crippen LogP contribution is 2.23. The molecule has 30 heteroatoms. The third-order valence-corrected chi connectivity index (χ3v) is 16.5. The maximum atomic E-state index is 15.1. The number of imidazole rings is 2. The largest absolute Gasteiger partial charge is 0.508 e. The number of H-pyrrole nitrogens is 2. The lowest BCUT2D eigenvalue weighted by Gasteiger charge is -2.30. The number of phenols is 1. The molecule has 0 bridgehead atoms. The van der Waals surface area contributed by atoms with Crippen molar-refractivity contribution >= 4 is 75.9 Å². The first-order valence-electron chi connectivity index (χ1n) is 32.2. The molecule has 5 heterocycles. The van der Waals surface area contributed by atoms with Gasteiger partial charge in [-0.25, -0.2) is 9.97 Å². The van der Waals surface area contributed by atoms with Crippen molar-refractivity contribution < 1.29 is 58.2 Å². The van der Waals surface area contributed by atoms with Crippen LogP contribution in [0.15, 0.2) is 115 Å². The van der Waals surface area contributed by atoms with E-state index in [1.165, 1.54) is 41.7 Å². The number of rotatable bonds is 34. The van der Waals surface area contributed by atoms with E-state index in [0.717, 1.165) is 5.56 Å². The molecule has 10 amide bonds. The number of aromatic nitrogens is 5. The van der Waals surface area contributed by atoms with Crippen molar-refractivity contribution in [2.45, 2.75) is 152 Å². The van der Waals surface area contributed by atoms with Crippen LogP contribution in [0, 0.1) is 5.92 Å². The minimum Gasteiger partial charge on any atom is -0.508 e. The summed E-state index contributed by atoms with van der Waals surface area (Å²) in [6.45, 7) is 5.50. The van der Waals surface area contributed by atoms with Crippen LogP contribution in [-0.2, 0) is 80.2 Å². The van der Waals surface area contributed by atoms with Crippen molar-refractivity contribution in [1.29, 1.82) is 0 Å². The van der Waals surface area contributed by atoms with Gasteiger partial charge in [0.15, 0.2) is 5.96 Å². The van der Waals surface area contributed by atoms with Crippen molar-refractivity contribution in [2.75, 3.05) is 26.2 Å². The Morgan fingerprint density at radius 2 is 1.32 bits per heavy atom. The predicted molar refractivity (Wildman–Crippen MR) is 352 cm³/mol. The maximum absolute atomic E-state index is 15.1. The lowest BCUT2D eigenvalue weighted by atomic mass is 10.0. The van der Waals surface area contributed by atoms with Gasteiger partial charge >= 0.3 is 0 Å². The fourth-order valence-electron chi connectivity index (χ4n) is 11.6. The van der Waals surface area contributed by atoms with Gasteiger partial charge in [-0.1, -0.05) is 74.5 Å². The first-order valence-corrected chi connectivity index (χ1v) is 32.2. The summed E-state index contributed by atoms with van der Waals surface area (Å²) < 4.78 is 1.78. The number of aliphatic hydroxyl groups excluding tert-OH is 1. The zero-order valence-corrected chi connectivity index (χ0v) is 53.8. The Morgan fingerprint density at radius 3 is 1.97 bits per heavy atom. The quantitative estimate of drug-likeness (QED) is 0.0131. The van der Waals surface area contributed by atoms with E-state index in [4.69, 9.17) is 11.5 Å². The summed E-state index contributed by atoms with van der Waals surface area (Å²) in [4.78, 5) is 162. The van der Waals surface area contributed by atoms with Crippen LogP contribution in [0.3, 0.4) is 0 Å². The molecule has 0 spiro atoms. The molecule has 2 fully saturated rings. The predicted octanol–water partition coefficient (Wildman–Crippen LogP) is -0.997. The zero-order valence-electron chi connectivity index (χ0n) is 53.8. The summed E-state index contributed by atoms with van der Waals surface area (Å²) in [6.07, 6.45) is 8.49. The number of aliphatic imine (C=N–C) groups is 1. The number of aromatic amines is 2. The molecule has 2 aliphatic rings. The number of aliphatic hydroxyl groups is 1. The Labute approximate surface area is 554 Å². The standard InChI is InChI=1S/C66H86N18O12/c1-4-70-64(95)55-17-11-25-84(55)65(96)48(16-10-24-71-66(67)68)76-58(89)49(26-38(2)3)77-62(93)53(30-43-34-83(37-74-43)33-40-12-6-5-7-13-40)81-59(90)50(27-39-18-20-44(86)21-19-39)78-63(94)54(35-85)82-60(91)51(28-41-31-72-46-15-9-8-14-45(41)46)79-61(92)52(29-42-32-69-36-73-42)80-57(88)47-22-23-56(87)75-47/h5-9,12-15,18-21,31-32,34,36-38,47-55,72,85-86H,4,10-11,16-17,22-30,33,35H2,1-3H3,(H,69,73)(H,70,95)(H,75,87)(H,76,89)(H,77,93)(H,78,94)(H,79,92)(H,80,88)(H,81,90)(H,82,91)(H4,67,68,71)/t47-,48-,49-,50-,51-,52+,53+,54-,55-/m0/s1. The summed E-state index contributed by atoms with van der Waals surface area (Å²) >= 11 is 0. The smallest absolute Gasteiger partial charge is 0.245 e. The summed E-state index contributed by atoms with van der Waals surface area (Å²) in [6, 6.07) is 10.5. The Morgan fingerprint density at radius 1 is 0.698 bits per heavy atom. The number of hydrogen-bond acceptors (Lipinski definition) is 15. The van der Waals surface area contributed by atoms with Gasteiger partial charge in [-0.3, -0.25) is 52.9 Å². The van der Waals surface area contributed by atoms with Crippen LogP contribution in [0.25, 0.3) is 10.9 Å². The molecular formula is C66H86N18O12. The number of likely N-dealkylation sites (tertiary alicyclic amines) is 1. The second kappa shape index (κ2) is 34.5. The van der Waals surface area contributed by atoms with E-state index in [-0.39, 0.29) is 100 Å². The number of aromatic hydroxyl groups is 1. The molecule has 17 N–H and O–H groups in total. The van der Waals surface area contributed by atoms with Gasteiger partial charge < -0.3 is 89.0 Å². The number of carbonyl (C=O) groups is 10. The highest BCUT2D eigenvalue weighted by molar-refractivity contribution is 5.99. The lowest BCUT2D eigenvalue weighted by Crippen LogP contribution is -2.61. The average Bonchev–Trinajstić information content (AvgIpc) is 1.65. The van der Waals surface area contributed by atoms with Crippen LogP contribution in [0.2, 0.25) is 0 Å². The van der Waals surface area contributed by atoms with E-state index in [2.05, 4.69) is 72.8 Å². The van der Waals surface area contributed by atoms with Gasteiger partial charge in [-0.05, 0) is 86.3 Å². The SMILES string of the molecule is CCNC(=O)[C@@H]1CCCN1C(=O)[C@H](CCCN=C(N)N)NC(=O)[C@H](CC(C)C)NC(=O)[C@@H](Cc1cn(Cc2ccccc2)cn1)NC(=O)[C@H](Cc1ccc(O)cc1)NC(=O)[C@H](CO)NC(=O)[C@H](Cc1c[nH]c2ccccc12)NC(=O)[C@@H](Cc1cnc[nH]1)NC(=O)[C@@H]1CCC(=O)N1. The molecule has 3 aromatic carbocycles. The van der Waals surface area contributed by atoms with Gasteiger partial charge in [0.2, 0.25) is 59.1 Å². The van der Waals surface area contributed by atoms with Gasteiger partial charge in [0.25, 0.3) is 0 Å².